The van der Waals surface area contributed by atoms with Crippen molar-refractivity contribution in [1.29, 1.82) is 0 Å². The highest BCUT2D eigenvalue weighted by atomic mass is 79.9. The Morgan fingerprint density at radius 1 is 1.18 bits per heavy atom. The molecule has 0 atom stereocenters. The first-order chi connectivity index (χ1) is 7.72. The fraction of sp³-hybridized carbons (Fsp3) is 0.273. The summed E-state index contributed by atoms with van der Waals surface area (Å²) in [5.41, 5.74) is -0.910. The molecule has 17 heavy (non-hydrogen) atoms. The molecule has 0 aromatic heterocycles. The Hall–Kier alpha value is -0.880. The monoisotopic (exact) mass is 363 g/mol. The van der Waals surface area contributed by atoms with Gasteiger partial charge in [0.15, 0.2) is 0 Å². The van der Waals surface area contributed by atoms with E-state index in [1.165, 1.54) is 13.8 Å². The molecule has 0 heterocycles. The number of carboxylic acid groups (broad SMARTS) is 1. The number of halogens is 2. The minimum absolute atomic E-state index is 0.389. The molecule has 0 spiro atoms. The quantitative estimate of drug-likeness (QED) is 0.866. The maximum Gasteiger partial charge on any atom is 0.328 e. The van der Waals surface area contributed by atoms with Gasteiger partial charge in [0, 0.05) is 14.5 Å². The molecule has 2 N–H and O–H groups in total. The number of hydrogen-bond donors (Lipinski definition) is 2. The van der Waals surface area contributed by atoms with Crippen LogP contribution in [0.5, 0.6) is 0 Å². The van der Waals surface area contributed by atoms with Crippen molar-refractivity contribution in [1.82, 2.24) is 5.32 Å². The summed E-state index contributed by atoms with van der Waals surface area (Å²) >= 11 is 6.53. The van der Waals surface area contributed by atoms with E-state index in [4.69, 9.17) is 5.11 Å². The number of carboxylic acids is 1. The first-order valence-corrected chi connectivity index (χ1v) is 6.33. The van der Waals surface area contributed by atoms with E-state index < -0.39 is 17.4 Å². The minimum atomic E-state index is -1.30. The summed E-state index contributed by atoms with van der Waals surface area (Å²) in [6.45, 7) is 2.86. The number of carbonyl (C=O) groups excluding carboxylic acids is 1. The third-order valence-electron chi connectivity index (χ3n) is 2.09. The van der Waals surface area contributed by atoms with Crippen LogP contribution in [0.15, 0.2) is 27.1 Å². The van der Waals surface area contributed by atoms with Gasteiger partial charge in [0.25, 0.3) is 5.91 Å². The molecule has 92 valence electrons. The van der Waals surface area contributed by atoms with E-state index in [-0.39, 0.29) is 0 Å². The normalized spacial score (nSPS) is 11.1. The van der Waals surface area contributed by atoms with E-state index in [1.54, 1.807) is 18.2 Å². The molecule has 6 heteroatoms. The summed E-state index contributed by atoms with van der Waals surface area (Å²) < 4.78 is 1.48. The number of aliphatic carboxylic acids is 1. The number of hydrogen-bond acceptors (Lipinski definition) is 2. The van der Waals surface area contributed by atoms with Crippen LogP contribution in [0.4, 0.5) is 0 Å². The van der Waals surface area contributed by atoms with Crippen LogP contribution in [-0.4, -0.2) is 22.5 Å². The van der Waals surface area contributed by atoms with Crippen LogP contribution in [0.25, 0.3) is 0 Å². The van der Waals surface area contributed by atoms with Crippen molar-refractivity contribution in [3.63, 3.8) is 0 Å². The summed E-state index contributed by atoms with van der Waals surface area (Å²) in [6, 6.07) is 5.04. The third-order valence-corrected chi connectivity index (χ3v) is 3.00. The van der Waals surface area contributed by atoms with Crippen molar-refractivity contribution in [3.05, 3.63) is 32.7 Å². The number of amides is 1. The molecule has 0 aliphatic rings. The average Bonchev–Trinajstić information content (AvgIpc) is 2.15. The molecule has 0 bridgehead atoms. The molecule has 1 rings (SSSR count). The van der Waals surface area contributed by atoms with Gasteiger partial charge in [0.1, 0.15) is 5.54 Å². The van der Waals surface area contributed by atoms with Crippen LogP contribution in [0.3, 0.4) is 0 Å². The number of rotatable bonds is 3. The topological polar surface area (TPSA) is 66.4 Å². The average molecular weight is 365 g/mol. The second-order valence-corrected chi connectivity index (χ2v) is 5.87. The lowest BCUT2D eigenvalue weighted by molar-refractivity contribution is -0.143. The van der Waals surface area contributed by atoms with Crippen LogP contribution in [0.2, 0.25) is 0 Å². The molecule has 1 aromatic carbocycles. The van der Waals surface area contributed by atoms with E-state index in [9.17, 15) is 9.59 Å². The lowest BCUT2D eigenvalue weighted by Gasteiger charge is -2.21. The summed E-state index contributed by atoms with van der Waals surface area (Å²) in [6.07, 6.45) is 0. The highest BCUT2D eigenvalue weighted by Gasteiger charge is 2.29. The van der Waals surface area contributed by atoms with Crippen molar-refractivity contribution in [2.75, 3.05) is 0 Å². The standard InChI is InChI=1S/C11H11Br2NO3/c1-11(2,10(16)17)14-9(15)6-3-7(12)5-8(13)4-6/h3-5H,1-2H3,(H,14,15)(H,16,17). The fourth-order valence-electron chi connectivity index (χ4n) is 1.09. The molecular weight excluding hydrogens is 354 g/mol. The van der Waals surface area contributed by atoms with E-state index >= 15 is 0 Å². The van der Waals surface area contributed by atoms with Gasteiger partial charge in [-0.05, 0) is 32.0 Å². The Kier molecular flexibility index (Phi) is 4.32. The molecule has 0 saturated heterocycles. The Morgan fingerprint density at radius 2 is 1.65 bits per heavy atom. The maximum atomic E-state index is 11.9. The highest BCUT2D eigenvalue weighted by Crippen LogP contribution is 2.20. The number of nitrogens with one attached hydrogen (secondary N) is 1. The number of benzene rings is 1. The molecule has 0 saturated carbocycles. The first-order valence-electron chi connectivity index (χ1n) is 4.74. The van der Waals surface area contributed by atoms with E-state index in [0.29, 0.717) is 5.56 Å². The van der Waals surface area contributed by atoms with Crippen molar-refractivity contribution >= 4 is 43.7 Å². The van der Waals surface area contributed by atoms with Crippen LogP contribution >= 0.6 is 31.9 Å². The van der Waals surface area contributed by atoms with Gasteiger partial charge < -0.3 is 10.4 Å². The van der Waals surface area contributed by atoms with Crippen molar-refractivity contribution in [3.8, 4) is 0 Å². The van der Waals surface area contributed by atoms with Gasteiger partial charge in [-0.25, -0.2) is 4.79 Å². The van der Waals surface area contributed by atoms with Crippen LogP contribution < -0.4 is 5.32 Å². The van der Waals surface area contributed by atoms with Gasteiger partial charge in [0.05, 0.1) is 0 Å². The van der Waals surface area contributed by atoms with E-state index in [0.717, 1.165) is 8.95 Å². The van der Waals surface area contributed by atoms with Crippen LogP contribution in [-0.2, 0) is 4.79 Å². The summed E-state index contributed by atoms with van der Waals surface area (Å²) in [4.78, 5) is 22.7. The zero-order chi connectivity index (χ0) is 13.2. The second kappa shape index (κ2) is 5.18. The molecule has 1 amide bonds. The minimum Gasteiger partial charge on any atom is -0.480 e. The Labute approximate surface area is 116 Å². The molecule has 0 radical (unpaired) electrons. The van der Waals surface area contributed by atoms with Crippen molar-refractivity contribution in [2.24, 2.45) is 0 Å². The molecule has 4 nitrogen and oxygen atoms in total. The molecule has 0 fully saturated rings. The van der Waals surface area contributed by atoms with Gasteiger partial charge in [0.2, 0.25) is 0 Å². The van der Waals surface area contributed by atoms with Crippen LogP contribution in [0.1, 0.15) is 24.2 Å². The summed E-state index contributed by atoms with van der Waals surface area (Å²) in [5, 5.41) is 11.4. The molecular formula is C11H11Br2NO3. The van der Waals surface area contributed by atoms with E-state index in [1.807, 2.05) is 0 Å². The Bertz CT molecular complexity index is 452. The van der Waals surface area contributed by atoms with E-state index in [2.05, 4.69) is 37.2 Å². The van der Waals surface area contributed by atoms with Gasteiger partial charge in [-0.15, -0.1) is 0 Å². The zero-order valence-electron chi connectivity index (χ0n) is 9.25. The summed E-state index contributed by atoms with van der Waals surface area (Å²) in [5.74, 6) is -1.51. The smallest absolute Gasteiger partial charge is 0.328 e. The SMILES string of the molecule is CC(C)(NC(=O)c1cc(Br)cc(Br)c1)C(=O)O. The van der Waals surface area contributed by atoms with Gasteiger partial charge in [-0.1, -0.05) is 31.9 Å². The predicted octanol–water partition coefficient (Wildman–Crippen LogP) is 2.80. The highest BCUT2D eigenvalue weighted by molar-refractivity contribution is 9.11. The first kappa shape index (κ1) is 14.2. The largest absolute Gasteiger partial charge is 0.480 e. The number of carbonyl (C=O) groups is 2. The van der Waals surface area contributed by atoms with Gasteiger partial charge in [-0.3, -0.25) is 4.79 Å². The molecule has 0 unspecified atom stereocenters. The molecule has 1 aromatic rings. The van der Waals surface area contributed by atoms with Gasteiger partial charge in [-0.2, -0.15) is 0 Å². The van der Waals surface area contributed by atoms with Crippen molar-refractivity contribution in [2.45, 2.75) is 19.4 Å². The maximum absolute atomic E-state index is 11.9. The summed E-state index contributed by atoms with van der Waals surface area (Å²) in [7, 11) is 0. The van der Waals surface area contributed by atoms with Gasteiger partial charge >= 0.3 is 5.97 Å². The third kappa shape index (κ3) is 3.81. The Morgan fingerprint density at radius 3 is 2.06 bits per heavy atom. The van der Waals surface area contributed by atoms with Crippen molar-refractivity contribution < 1.29 is 14.7 Å². The fourth-order valence-corrected chi connectivity index (χ4v) is 2.39. The molecule has 0 aliphatic heterocycles. The lowest BCUT2D eigenvalue weighted by Crippen LogP contribution is -2.49. The zero-order valence-corrected chi connectivity index (χ0v) is 12.4. The lowest BCUT2D eigenvalue weighted by atomic mass is 10.1. The predicted molar refractivity (Wildman–Crippen MR) is 71.0 cm³/mol. The van der Waals surface area contributed by atoms with Crippen LogP contribution in [0, 0.1) is 0 Å². The Balaban J connectivity index is 2.94. The molecule has 0 aliphatic carbocycles. The second-order valence-electron chi connectivity index (χ2n) is 4.04.